The molecule has 31 heavy (non-hydrogen) atoms. The van der Waals surface area contributed by atoms with Gasteiger partial charge in [0.05, 0.1) is 22.1 Å². The van der Waals surface area contributed by atoms with Crippen molar-refractivity contribution in [3.63, 3.8) is 0 Å². The van der Waals surface area contributed by atoms with Gasteiger partial charge in [0.2, 0.25) is 0 Å². The van der Waals surface area contributed by atoms with Crippen molar-refractivity contribution in [2.75, 3.05) is 31.1 Å². The first-order chi connectivity index (χ1) is 15.2. The van der Waals surface area contributed by atoms with Crippen LogP contribution in [0.15, 0.2) is 54.0 Å². The first-order valence-electron chi connectivity index (χ1n) is 10.6. The van der Waals surface area contributed by atoms with Gasteiger partial charge in [0.25, 0.3) is 5.91 Å². The van der Waals surface area contributed by atoms with E-state index in [0.29, 0.717) is 6.54 Å². The van der Waals surface area contributed by atoms with Gasteiger partial charge in [0, 0.05) is 32.6 Å². The number of hydrogen-bond donors (Lipinski definition) is 0. The molecule has 0 saturated carbocycles. The van der Waals surface area contributed by atoms with Gasteiger partial charge in [-0.15, -0.1) is 11.3 Å². The third kappa shape index (κ3) is 3.79. The van der Waals surface area contributed by atoms with Gasteiger partial charge in [-0.3, -0.25) is 4.79 Å². The number of carbonyl (C=O) groups excluding carboxylic acids is 1. The molecule has 0 unspecified atom stereocenters. The predicted molar refractivity (Wildman–Crippen MR) is 123 cm³/mol. The monoisotopic (exact) mass is 432 g/mol. The number of rotatable bonds is 4. The summed E-state index contributed by atoms with van der Waals surface area (Å²) < 4.78 is 1.88. The van der Waals surface area contributed by atoms with Crippen LogP contribution in [0.4, 0.5) is 5.82 Å². The van der Waals surface area contributed by atoms with E-state index in [1.165, 1.54) is 11.3 Å². The average molecular weight is 433 g/mol. The van der Waals surface area contributed by atoms with Gasteiger partial charge < -0.3 is 9.80 Å². The second kappa shape index (κ2) is 8.47. The SMILES string of the molecule is CCc1nc(N2CCCN(C(=O)c3cccs3)CC2)c2cnn(-c3ccccc3)c2n1. The number of aryl methyl sites for hydroxylation is 1. The number of nitrogens with zero attached hydrogens (tertiary/aromatic N) is 6. The summed E-state index contributed by atoms with van der Waals surface area (Å²) in [6, 6.07) is 13.9. The summed E-state index contributed by atoms with van der Waals surface area (Å²) in [5.41, 5.74) is 1.80. The highest BCUT2D eigenvalue weighted by molar-refractivity contribution is 7.12. The molecule has 5 rings (SSSR count). The topological polar surface area (TPSA) is 67.2 Å². The average Bonchev–Trinajstić information content (AvgIpc) is 3.43. The molecule has 158 valence electrons. The van der Waals surface area contributed by atoms with Gasteiger partial charge in [0.1, 0.15) is 11.6 Å². The van der Waals surface area contributed by atoms with Crippen LogP contribution in [0.3, 0.4) is 0 Å². The van der Waals surface area contributed by atoms with Crippen molar-refractivity contribution in [1.29, 1.82) is 0 Å². The minimum absolute atomic E-state index is 0.121. The molecule has 0 radical (unpaired) electrons. The zero-order valence-electron chi connectivity index (χ0n) is 17.4. The number of thiophene rings is 1. The molecule has 8 heteroatoms. The molecule has 1 saturated heterocycles. The summed E-state index contributed by atoms with van der Waals surface area (Å²) in [6.07, 6.45) is 3.51. The Bertz CT molecular complexity index is 1190. The highest BCUT2D eigenvalue weighted by Crippen LogP contribution is 2.27. The molecule has 0 aliphatic carbocycles. The number of anilines is 1. The summed E-state index contributed by atoms with van der Waals surface area (Å²) >= 11 is 1.50. The number of aromatic nitrogens is 4. The van der Waals surface area contributed by atoms with E-state index in [9.17, 15) is 4.79 Å². The van der Waals surface area contributed by atoms with Gasteiger partial charge in [0.15, 0.2) is 5.65 Å². The molecule has 0 bridgehead atoms. The van der Waals surface area contributed by atoms with E-state index in [2.05, 4.69) is 16.9 Å². The first kappa shape index (κ1) is 19.7. The highest BCUT2D eigenvalue weighted by atomic mass is 32.1. The fourth-order valence-electron chi connectivity index (χ4n) is 3.98. The Labute approximate surface area is 185 Å². The van der Waals surface area contributed by atoms with E-state index in [1.807, 2.05) is 63.6 Å². The quantitative estimate of drug-likeness (QED) is 0.491. The van der Waals surface area contributed by atoms with E-state index < -0.39 is 0 Å². The Kier molecular flexibility index (Phi) is 5.38. The summed E-state index contributed by atoms with van der Waals surface area (Å²) in [6.45, 7) is 5.09. The number of para-hydroxylation sites is 1. The zero-order chi connectivity index (χ0) is 21.2. The molecule has 0 spiro atoms. The van der Waals surface area contributed by atoms with E-state index in [-0.39, 0.29) is 5.91 Å². The van der Waals surface area contributed by atoms with Gasteiger partial charge in [-0.2, -0.15) is 5.10 Å². The van der Waals surface area contributed by atoms with Crippen LogP contribution in [0.1, 0.15) is 28.8 Å². The number of carbonyl (C=O) groups is 1. The minimum atomic E-state index is 0.121. The van der Waals surface area contributed by atoms with Crippen LogP contribution < -0.4 is 4.90 Å². The Balaban J connectivity index is 1.47. The summed E-state index contributed by atoms with van der Waals surface area (Å²) in [4.78, 5) is 27.5. The Morgan fingerprint density at radius 3 is 2.68 bits per heavy atom. The molecule has 4 aromatic rings. The Morgan fingerprint density at radius 2 is 1.90 bits per heavy atom. The molecule has 1 aromatic carbocycles. The smallest absolute Gasteiger partial charge is 0.263 e. The number of hydrogen-bond acceptors (Lipinski definition) is 6. The van der Waals surface area contributed by atoms with Crippen LogP contribution in [0.2, 0.25) is 0 Å². The van der Waals surface area contributed by atoms with E-state index in [4.69, 9.17) is 9.97 Å². The van der Waals surface area contributed by atoms with Crippen LogP contribution in [0, 0.1) is 0 Å². The maximum Gasteiger partial charge on any atom is 0.263 e. The maximum absolute atomic E-state index is 12.8. The van der Waals surface area contributed by atoms with Crippen LogP contribution in [0.5, 0.6) is 0 Å². The van der Waals surface area contributed by atoms with Crippen molar-refractivity contribution in [3.8, 4) is 5.69 Å². The molecular formula is C23H24N6OS. The van der Waals surface area contributed by atoms with Gasteiger partial charge in [-0.1, -0.05) is 31.2 Å². The number of amides is 1. The molecule has 1 aliphatic heterocycles. The van der Waals surface area contributed by atoms with E-state index in [0.717, 1.165) is 65.7 Å². The van der Waals surface area contributed by atoms with Gasteiger partial charge in [-0.05, 0) is 30.0 Å². The molecular weight excluding hydrogens is 408 g/mol. The van der Waals surface area contributed by atoms with Crippen LogP contribution >= 0.6 is 11.3 Å². The largest absolute Gasteiger partial charge is 0.354 e. The molecule has 3 aromatic heterocycles. The van der Waals surface area contributed by atoms with E-state index in [1.54, 1.807) is 0 Å². The number of benzene rings is 1. The third-order valence-corrected chi connectivity index (χ3v) is 6.44. The van der Waals surface area contributed by atoms with Crippen molar-refractivity contribution in [3.05, 3.63) is 64.7 Å². The van der Waals surface area contributed by atoms with Gasteiger partial charge >= 0.3 is 0 Å². The lowest BCUT2D eigenvalue weighted by Crippen LogP contribution is -2.35. The third-order valence-electron chi connectivity index (χ3n) is 5.59. The minimum Gasteiger partial charge on any atom is -0.354 e. The Hall–Kier alpha value is -3.26. The van der Waals surface area contributed by atoms with Crippen molar-refractivity contribution >= 4 is 34.1 Å². The molecule has 1 aliphatic rings. The van der Waals surface area contributed by atoms with Crippen molar-refractivity contribution < 1.29 is 4.79 Å². The molecule has 0 atom stereocenters. The standard InChI is InChI=1S/C23H24N6OS/c1-2-20-25-21(18-16-24-29(22(18)26-20)17-8-4-3-5-9-17)27-11-7-12-28(14-13-27)23(30)19-10-6-15-31-19/h3-6,8-10,15-16H,2,7,11-14H2,1H3. The summed E-state index contributed by atoms with van der Waals surface area (Å²) in [5.74, 6) is 1.83. The van der Waals surface area contributed by atoms with Crippen molar-refractivity contribution in [2.24, 2.45) is 0 Å². The molecule has 4 heterocycles. The second-order valence-corrected chi connectivity index (χ2v) is 8.50. The fraction of sp³-hybridized carbons (Fsp3) is 0.304. The fourth-order valence-corrected chi connectivity index (χ4v) is 4.67. The lowest BCUT2D eigenvalue weighted by atomic mass is 10.3. The van der Waals surface area contributed by atoms with E-state index >= 15 is 0 Å². The maximum atomic E-state index is 12.8. The van der Waals surface area contributed by atoms with Gasteiger partial charge in [-0.25, -0.2) is 14.6 Å². The van der Waals surface area contributed by atoms with Crippen molar-refractivity contribution in [1.82, 2.24) is 24.6 Å². The summed E-state index contributed by atoms with van der Waals surface area (Å²) in [7, 11) is 0. The van der Waals surface area contributed by atoms with Crippen molar-refractivity contribution in [2.45, 2.75) is 19.8 Å². The normalized spacial score (nSPS) is 14.7. The molecule has 1 fully saturated rings. The second-order valence-electron chi connectivity index (χ2n) is 7.56. The lowest BCUT2D eigenvalue weighted by Gasteiger charge is -2.23. The van der Waals surface area contributed by atoms with Crippen LogP contribution in [-0.2, 0) is 6.42 Å². The molecule has 1 amide bonds. The predicted octanol–water partition coefficient (Wildman–Crippen LogP) is 3.79. The number of fused-ring (bicyclic) bond motifs is 1. The van der Waals surface area contributed by atoms with Crippen LogP contribution in [-0.4, -0.2) is 56.7 Å². The molecule has 0 N–H and O–H groups in total. The van der Waals surface area contributed by atoms with Crippen LogP contribution in [0.25, 0.3) is 16.7 Å². The Morgan fingerprint density at radius 1 is 1.03 bits per heavy atom. The highest BCUT2D eigenvalue weighted by Gasteiger charge is 2.24. The summed E-state index contributed by atoms with van der Waals surface area (Å²) in [5, 5.41) is 7.51. The lowest BCUT2D eigenvalue weighted by molar-refractivity contribution is 0.0772. The molecule has 7 nitrogen and oxygen atoms in total. The zero-order valence-corrected chi connectivity index (χ0v) is 18.3. The first-order valence-corrected chi connectivity index (χ1v) is 11.5.